The zero-order valence-electron chi connectivity index (χ0n) is 15.6. The first-order chi connectivity index (χ1) is 13.5. The highest BCUT2D eigenvalue weighted by atomic mass is 19.1. The van der Waals surface area contributed by atoms with Gasteiger partial charge in [0.15, 0.2) is 0 Å². The molecule has 3 heterocycles. The second-order valence-corrected chi connectivity index (χ2v) is 7.36. The van der Waals surface area contributed by atoms with Crippen molar-refractivity contribution in [2.45, 2.75) is 18.9 Å². The van der Waals surface area contributed by atoms with Gasteiger partial charge in [0.2, 0.25) is 5.91 Å². The molecule has 0 aromatic heterocycles. The fourth-order valence-electron chi connectivity index (χ4n) is 4.13. The fraction of sp³-hybridized carbons (Fsp3) is 0.526. The van der Waals surface area contributed by atoms with Crippen molar-refractivity contribution < 1.29 is 18.8 Å². The van der Waals surface area contributed by atoms with Gasteiger partial charge in [0.25, 0.3) is 5.91 Å². The van der Waals surface area contributed by atoms with E-state index >= 15 is 0 Å². The summed E-state index contributed by atoms with van der Waals surface area (Å²) < 4.78 is 14.4. The zero-order valence-corrected chi connectivity index (χ0v) is 15.6. The van der Waals surface area contributed by atoms with Crippen molar-refractivity contribution >= 4 is 23.5 Å². The van der Waals surface area contributed by atoms with Gasteiger partial charge in [-0.05, 0) is 31.0 Å². The van der Waals surface area contributed by atoms with Crippen molar-refractivity contribution in [2.75, 3.05) is 50.7 Å². The van der Waals surface area contributed by atoms with Crippen LogP contribution in [0, 0.1) is 5.82 Å². The van der Waals surface area contributed by atoms with E-state index < -0.39 is 11.7 Å². The number of nitrogens with zero attached hydrogens (tertiary/aromatic N) is 3. The highest BCUT2D eigenvalue weighted by Crippen LogP contribution is 2.24. The molecule has 150 valence electrons. The summed E-state index contributed by atoms with van der Waals surface area (Å²) >= 11 is 0. The lowest BCUT2D eigenvalue weighted by atomic mass is 10.0. The first kappa shape index (κ1) is 18.7. The van der Waals surface area contributed by atoms with Crippen LogP contribution in [-0.4, -0.2) is 79.5 Å². The Balaban J connectivity index is 1.52. The topological polar surface area (TPSA) is 85.0 Å². The highest BCUT2D eigenvalue weighted by molar-refractivity contribution is 5.98. The molecule has 1 aromatic rings. The van der Waals surface area contributed by atoms with Crippen LogP contribution in [0.5, 0.6) is 0 Å². The number of carbonyl (C=O) groups is 3. The van der Waals surface area contributed by atoms with Crippen LogP contribution in [-0.2, 0) is 4.79 Å². The second kappa shape index (κ2) is 7.75. The summed E-state index contributed by atoms with van der Waals surface area (Å²) in [4.78, 5) is 42.0. The van der Waals surface area contributed by atoms with Crippen molar-refractivity contribution in [1.29, 1.82) is 0 Å². The molecule has 1 aromatic carbocycles. The van der Waals surface area contributed by atoms with Crippen molar-refractivity contribution in [1.82, 2.24) is 20.4 Å². The molecule has 0 radical (unpaired) electrons. The van der Waals surface area contributed by atoms with Gasteiger partial charge in [0.05, 0.1) is 12.1 Å². The number of nitrogens with one attached hydrogen (secondary N) is 2. The van der Waals surface area contributed by atoms with Gasteiger partial charge in [-0.15, -0.1) is 0 Å². The number of carbonyl (C=O) groups excluding carboxylic acids is 3. The van der Waals surface area contributed by atoms with E-state index in [0.717, 1.165) is 19.4 Å². The average Bonchev–Trinajstić information content (AvgIpc) is 3.14. The van der Waals surface area contributed by atoms with Gasteiger partial charge in [-0.2, -0.15) is 0 Å². The maximum absolute atomic E-state index is 14.4. The van der Waals surface area contributed by atoms with Crippen LogP contribution in [0.2, 0.25) is 0 Å². The monoisotopic (exact) mass is 389 g/mol. The van der Waals surface area contributed by atoms with Gasteiger partial charge >= 0.3 is 6.03 Å². The molecular weight excluding hydrogens is 365 g/mol. The number of hydrogen-bond acceptors (Lipinski definition) is 4. The van der Waals surface area contributed by atoms with E-state index in [4.69, 9.17) is 0 Å². The summed E-state index contributed by atoms with van der Waals surface area (Å²) in [6.07, 6.45) is 1.61. The number of rotatable bonds is 3. The van der Waals surface area contributed by atoms with Crippen LogP contribution < -0.4 is 15.5 Å². The van der Waals surface area contributed by atoms with Gasteiger partial charge < -0.3 is 20.4 Å². The number of benzene rings is 1. The smallest absolute Gasteiger partial charge is 0.321 e. The van der Waals surface area contributed by atoms with Crippen molar-refractivity contribution in [2.24, 2.45) is 0 Å². The molecule has 9 heteroatoms. The molecule has 1 atom stereocenters. The normalized spacial score (nSPS) is 23.2. The number of likely N-dealkylation sites (tertiary alicyclic amines) is 1. The second-order valence-electron chi connectivity index (χ2n) is 7.36. The Morgan fingerprint density at radius 1 is 1.14 bits per heavy atom. The maximum Gasteiger partial charge on any atom is 0.321 e. The van der Waals surface area contributed by atoms with Crippen molar-refractivity contribution in [3.05, 3.63) is 29.6 Å². The molecule has 1 unspecified atom stereocenters. The first-order valence-corrected chi connectivity index (χ1v) is 9.69. The summed E-state index contributed by atoms with van der Waals surface area (Å²) in [5.74, 6) is -0.960. The Labute approximate surface area is 162 Å². The summed E-state index contributed by atoms with van der Waals surface area (Å²) in [7, 11) is 0. The van der Waals surface area contributed by atoms with E-state index in [-0.39, 0.29) is 23.5 Å². The lowest BCUT2D eigenvalue weighted by Crippen LogP contribution is -2.57. The summed E-state index contributed by atoms with van der Waals surface area (Å²) in [6.45, 7) is 3.62. The standard InChI is InChI=1S/C19H24FN5O3/c20-16-4-3-13(25-9-6-22-19(25)28)10-15(16)18(27)23-7-1-2-14(12-23)24-8-5-21-11-17(24)26/h3-4,10,14,21H,1-2,5-9,11-12H2,(H,22,28). The molecule has 3 saturated heterocycles. The molecule has 2 N–H and O–H groups in total. The number of piperazine rings is 1. The molecule has 4 amide bonds. The molecule has 3 aliphatic rings. The summed E-state index contributed by atoms with van der Waals surface area (Å²) in [5.41, 5.74) is 0.468. The Morgan fingerprint density at radius 3 is 2.75 bits per heavy atom. The van der Waals surface area contributed by atoms with Gasteiger partial charge in [0.1, 0.15) is 5.82 Å². The fourth-order valence-corrected chi connectivity index (χ4v) is 4.13. The van der Waals surface area contributed by atoms with E-state index in [2.05, 4.69) is 10.6 Å². The number of amides is 4. The van der Waals surface area contributed by atoms with Crippen LogP contribution >= 0.6 is 0 Å². The van der Waals surface area contributed by atoms with E-state index in [1.54, 1.807) is 4.90 Å². The third kappa shape index (κ3) is 3.54. The highest BCUT2D eigenvalue weighted by Gasteiger charge is 2.33. The first-order valence-electron chi connectivity index (χ1n) is 9.69. The van der Waals surface area contributed by atoms with E-state index in [0.29, 0.717) is 45.0 Å². The van der Waals surface area contributed by atoms with Gasteiger partial charge in [0, 0.05) is 51.0 Å². The van der Waals surface area contributed by atoms with Gasteiger partial charge in [-0.1, -0.05) is 0 Å². The minimum Gasteiger partial charge on any atom is -0.336 e. The van der Waals surface area contributed by atoms with E-state index in [1.807, 2.05) is 4.90 Å². The number of piperidine rings is 1. The van der Waals surface area contributed by atoms with Crippen LogP contribution in [0.3, 0.4) is 0 Å². The maximum atomic E-state index is 14.4. The Bertz CT molecular complexity index is 802. The molecule has 8 nitrogen and oxygen atoms in total. The number of anilines is 1. The van der Waals surface area contributed by atoms with Crippen LogP contribution in [0.1, 0.15) is 23.2 Å². The third-order valence-electron chi connectivity index (χ3n) is 5.60. The van der Waals surface area contributed by atoms with E-state index in [1.165, 1.54) is 23.1 Å². The molecule has 0 spiro atoms. The molecule has 4 rings (SSSR count). The summed E-state index contributed by atoms with van der Waals surface area (Å²) in [6, 6.07) is 3.90. The quantitative estimate of drug-likeness (QED) is 0.783. The summed E-state index contributed by atoms with van der Waals surface area (Å²) in [5, 5.41) is 5.75. The Kier molecular flexibility index (Phi) is 5.17. The predicted molar refractivity (Wildman–Crippen MR) is 101 cm³/mol. The minimum absolute atomic E-state index is 0.0375. The van der Waals surface area contributed by atoms with Gasteiger partial charge in [-0.3, -0.25) is 14.5 Å². The number of hydrogen-bond donors (Lipinski definition) is 2. The lowest BCUT2D eigenvalue weighted by molar-refractivity contribution is -0.135. The Hall–Kier alpha value is -2.68. The Morgan fingerprint density at radius 2 is 2.00 bits per heavy atom. The van der Waals surface area contributed by atoms with Crippen molar-refractivity contribution in [3.8, 4) is 0 Å². The molecule has 3 aliphatic heterocycles. The SMILES string of the molecule is O=C(c1cc(N2CCNC2=O)ccc1F)N1CCCC(N2CCNCC2=O)C1. The van der Waals surface area contributed by atoms with E-state index in [9.17, 15) is 18.8 Å². The average molecular weight is 389 g/mol. The molecular formula is C19H24FN5O3. The van der Waals surface area contributed by atoms with Crippen LogP contribution in [0.4, 0.5) is 14.9 Å². The number of halogens is 1. The van der Waals surface area contributed by atoms with Gasteiger partial charge in [-0.25, -0.2) is 9.18 Å². The van der Waals surface area contributed by atoms with Crippen LogP contribution in [0.25, 0.3) is 0 Å². The predicted octanol–water partition coefficient (Wildman–Crippen LogP) is 0.392. The van der Waals surface area contributed by atoms with Crippen molar-refractivity contribution in [3.63, 3.8) is 0 Å². The largest absolute Gasteiger partial charge is 0.336 e. The molecule has 0 saturated carbocycles. The molecule has 3 fully saturated rings. The zero-order chi connectivity index (χ0) is 19.7. The number of urea groups is 1. The molecule has 0 bridgehead atoms. The van der Waals surface area contributed by atoms with Crippen LogP contribution in [0.15, 0.2) is 18.2 Å². The minimum atomic E-state index is -0.603. The molecule has 0 aliphatic carbocycles. The molecule has 28 heavy (non-hydrogen) atoms. The third-order valence-corrected chi connectivity index (χ3v) is 5.60. The lowest BCUT2D eigenvalue weighted by Gasteiger charge is -2.41.